The van der Waals surface area contributed by atoms with Crippen LogP contribution in [0.15, 0.2) is 123 Å². The summed E-state index contributed by atoms with van der Waals surface area (Å²) in [6, 6.07) is 37.2. The Hall–Kier alpha value is -2.62. The maximum absolute atomic E-state index is 12.3. The van der Waals surface area contributed by atoms with Crippen LogP contribution in [0.25, 0.3) is 0 Å². The second-order valence-electron chi connectivity index (χ2n) is 12.1. The lowest BCUT2D eigenvalue weighted by Gasteiger charge is -2.43. The molecule has 210 valence electrons. The van der Waals surface area contributed by atoms with Crippen LogP contribution >= 0.6 is 21.8 Å². The van der Waals surface area contributed by atoms with Gasteiger partial charge in [0.2, 0.25) is 0 Å². The fourth-order valence-corrected chi connectivity index (χ4v) is 11.2. The summed E-state index contributed by atoms with van der Waals surface area (Å²) in [7, 11) is -1.96. The lowest BCUT2D eigenvalue weighted by Crippen LogP contribution is -2.14. The second-order valence-corrected chi connectivity index (χ2v) is 16.4. The van der Waals surface area contributed by atoms with E-state index in [2.05, 4.69) is 136 Å². The van der Waals surface area contributed by atoms with Gasteiger partial charge in [-0.1, -0.05) is 114 Å². The van der Waals surface area contributed by atoms with Crippen molar-refractivity contribution in [1.82, 2.24) is 0 Å². The molecule has 1 N–H and O–H groups in total. The van der Waals surface area contributed by atoms with Gasteiger partial charge in [0.05, 0.1) is 0 Å². The lowest BCUT2D eigenvalue weighted by molar-refractivity contribution is 0.454. The number of hydrogen-bond donors (Lipinski definition) is 1. The van der Waals surface area contributed by atoms with Crippen LogP contribution in [0.5, 0.6) is 5.75 Å². The fraction of sp³-hybridized carbons (Fsp3) is 0.351. The van der Waals surface area contributed by atoms with E-state index in [1.54, 1.807) is 0 Å². The summed E-state index contributed by atoms with van der Waals surface area (Å²) >= 11 is 2.06. The number of thioether (sulfide) groups is 1. The minimum Gasteiger partial charge on any atom is -0.506 e. The van der Waals surface area contributed by atoms with Gasteiger partial charge in [0.25, 0.3) is 0 Å². The van der Waals surface area contributed by atoms with E-state index in [1.165, 1.54) is 65.2 Å². The van der Waals surface area contributed by atoms with Crippen LogP contribution in [0.4, 0.5) is 0 Å². The van der Waals surface area contributed by atoms with Gasteiger partial charge in [-0.3, -0.25) is 0 Å². The maximum Gasteiger partial charge on any atom is 0.132 e. The van der Waals surface area contributed by atoms with E-state index in [0.717, 1.165) is 16.2 Å². The second kappa shape index (κ2) is 12.9. The van der Waals surface area contributed by atoms with Crippen LogP contribution in [0.1, 0.15) is 76.8 Å². The Morgan fingerprint density at radius 2 is 1.12 bits per heavy atom. The van der Waals surface area contributed by atoms with Gasteiger partial charge >= 0.3 is 0 Å². The van der Waals surface area contributed by atoms with Crippen molar-refractivity contribution in [2.45, 2.75) is 102 Å². The van der Waals surface area contributed by atoms with E-state index < -0.39 is 10.0 Å². The summed E-state index contributed by atoms with van der Waals surface area (Å²) < 4.78 is 0. The number of aromatic hydroxyl groups is 1. The summed E-state index contributed by atoms with van der Waals surface area (Å²) in [5.41, 5.74) is 2.32. The van der Waals surface area contributed by atoms with Gasteiger partial charge in [-0.05, 0) is 66.3 Å². The minimum absolute atomic E-state index is 0.0443. The SMILES string of the molecule is CC(C)(C)c1cc(CSC2CCCCCCC2)c(O)c(S(c2ccccc2)(c2ccccc2)c2ccccc2)c1. The van der Waals surface area contributed by atoms with Crippen molar-refractivity contribution >= 4 is 21.8 Å². The molecule has 1 aliphatic carbocycles. The molecule has 0 bridgehead atoms. The molecule has 0 saturated heterocycles. The smallest absolute Gasteiger partial charge is 0.132 e. The monoisotopic (exact) mass is 568 g/mol. The Labute approximate surface area is 247 Å². The average molecular weight is 569 g/mol. The number of benzene rings is 4. The van der Waals surface area contributed by atoms with Crippen LogP contribution in [0, 0.1) is 0 Å². The fourth-order valence-electron chi connectivity index (χ4n) is 5.90. The largest absolute Gasteiger partial charge is 0.506 e. The van der Waals surface area contributed by atoms with Crippen LogP contribution < -0.4 is 0 Å². The predicted molar refractivity (Wildman–Crippen MR) is 174 cm³/mol. The molecule has 0 atom stereocenters. The first-order valence-electron chi connectivity index (χ1n) is 14.9. The molecule has 5 rings (SSSR count). The summed E-state index contributed by atoms with van der Waals surface area (Å²) in [6.45, 7) is 6.87. The Morgan fingerprint density at radius 3 is 1.57 bits per heavy atom. The van der Waals surface area contributed by atoms with Crippen molar-refractivity contribution in [3.8, 4) is 5.75 Å². The third-order valence-corrected chi connectivity index (χ3v) is 13.5. The van der Waals surface area contributed by atoms with Crippen LogP contribution in [-0.4, -0.2) is 10.4 Å². The van der Waals surface area contributed by atoms with Crippen molar-refractivity contribution < 1.29 is 5.11 Å². The zero-order valence-corrected chi connectivity index (χ0v) is 25.9. The highest BCUT2D eigenvalue weighted by atomic mass is 32.3. The Morgan fingerprint density at radius 1 is 0.675 bits per heavy atom. The zero-order valence-electron chi connectivity index (χ0n) is 24.3. The highest BCUT2D eigenvalue weighted by Gasteiger charge is 2.37. The lowest BCUT2D eigenvalue weighted by atomic mass is 9.86. The predicted octanol–water partition coefficient (Wildman–Crippen LogP) is 11.4. The molecular formula is C37H44OS2. The molecule has 40 heavy (non-hydrogen) atoms. The molecule has 3 heteroatoms. The van der Waals surface area contributed by atoms with Crippen molar-refractivity contribution in [2.24, 2.45) is 0 Å². The molecule has 1 fully saturated rings. The number of phenols is 1. The quantitative estimate of drug-likeness (QED) is 0.239. The molecule has 0 radical (unpaired) electrons. The standard InChI is InChI=1S/C37H44OS2/c1-37(2,3)30-26-29(28-39-31-18-10-5-4-6-11-19-31)36(38)35(27-30)40(32-20-12-7-13-21-32,33-22-14-8-15-23-33)34-24-16-9-17-25-34/h7-9,12-17,20-27,31,38H,4-6,10-11,18-19,28H2,1-3H3. The van der Waals surface area contributed by atoms with Crippen molar-refractivity contribution in [3.05, 3.63) is 114 Å². The first-order chi connectivity index (χ1) is 19.4. The summed E-state index contributed by atoms with van der Waals surface area (Å²) in [4.78, 5) is 4.78. The number of rotatable bonds is 7. The minimum atomic E-state index is -1.96. The van der Waals surface area contributed by atoms with Crippen molar-refractivity contribution in [2.75, 3.05) is 0 Å². The molecular weight excluding hydrogens is 525 g/mol. The molecule has 0 aromatic heterocycles. The molecule has 0 heterocycles. The van der Waals surface area contributed by atoms with Crippen molar-refractivity contribution in [1.29, 1.82) is 0 Å². The van der Waals surface area contributed by atoms with Gasteiger partial charge in [-0.15, -0.1) is 10.0 Å². The molecule has 0 aliphatic heterocycles. The Balaban J connectivity index is 1.74. The van der Waals surface area contributed by atoms with E-state index in [4.69, 9.17) is 0 Å². The maximum atomic E-state index is 12.3. The molecule has 1 nitrogen and oxygen atoms in total. The molecule has 4 aromatic carbocycles. The van der Waals surface area contributed by atoms with E-state index in [-0.39, 0.29) is 5.41 Å². The average Bonchev–Trinajstić information content (AvgIpc) is 2.95. The van der Waals surface area contributed by atoms with Gasteiger partial charge in [-0.2, -0.15) is 11.8 Å². The van der Waals surface area contributed by atoms with E-state index in [1.807, 2.05) is 0 Å². The molecule has 1 aliphatic rings. The van der Waals surface area contributed by atoms with E-state index in [0.29, 0.717) is 11.0 Å². The van der Waals surface area contributed by atoms with Gasteiger partial charge in [0.15, 0.2) is 0 Å². The van der Waals surface area contributed by atoms with Crippen LogP contribution in [0.2, 0.25) is 0 Å². The number of phenolic OH excluding ortho intramolecular Hbond substituents is 1. The van der Waals surface area contributed by atoms with Crippen LogP contribution in [0.3, 0.4) is 0 Å². The highest BCUT2D eigenvalue weighted by molar-refractivity contribution is 8.34. The molecule has 4 aromatic rings. The third-order valence-electron chi connectivity index (χ3n) is 8.17. The first kappa shape index (κ1) is 28.9. The zero-order chi connectivity index (χ0) is 28.0. The Kier molecular flexibility index (Phi) is 9.33. The normalized spacial score (nSPS) is 15.8. The van der Waals surface area contributed by atoms with Crippen LogP contribution in [-0.2, 0) is 11.2 Å². The Bertz CT molecular complexity index is 1260. The molecule has 0 spiro atoms. The van der Waals surface area contributed by atoms with Gasteiger partial charge in [-0.25, -0.2) is 0 Å². The third kappa shape index (κ3) is 6.16. The van der Waals surface area contributed by atoms with Gasteiger partial charge < -0.3 is 5.11 Å². The molecule has 1 saturated carbocycles. The van der Waals surface area contributed by atoms with Gasteiger partial charge in [0.1, 0.15) is 5.75 Å². The van der Waals surface area contributed by atoms with E-state index in [9.17, 15) is 5.11 Å². The first-order valence-corrected chi connectivity index (χ1v) is 17.6. The van der Waals surface area contributed by atoms with Crippen molar-refractivity contribution in [3.63, 3.8) is 0 Å². The number of hydrogen-bond acceptors (Lipinski definition) is 2. The topological polar surface area (TPSA) is 20.2 Å². The molecule has 0 amide bonds. The van der Waals surface area contributed by atoms with E-state index >= 15 is 0 Å². The highest BCUT2D eigenvalue weighted by Crippen LogP contribution is 2.75. The summed E-state index contributed by atoms with van der Waals surface area (Å²) in [6.07, 6.45) is 9.38. The van der Waals surface area contributed by atoms with Gasteiger partial charge in [0, 0.05) is 36.1 Å². The summed E-state index contributed by atoms with van der Waals surface area (Å²) in [5, 5.41) is 13.0. The summed E-state index contributed by atoms with van der Waals surface area (Å²) in [5.74, 6) is 1.32. The molecule has 0 unspecified atom stereocenters.